The Balaban J connectivity index is 1.54. The number of hydrogen-bond acceptors (Lipinski definition) is 4. The van der Waals surface area contributed by atoms with Gasteiger partial charge in [0.25, 0.3) is 5.56 Å². The van der Waals surface area contributed by atoms with Crippen LogP contribution in [0, 0.1) is 0 Å². The minimum absolute atomic E-state index is 0.00160. The highest BCUT2D eigenvalue weighted by Crippen LogP contribution is 2.23. The zero-order valence-electron chi connectivity index (χ0n) is 17.6. The normalized spacial score (nSPS) is 17.6. The molecule has 0 radical (unpaired) electrons. The molecule has 1 fully saturated rings. The third-order valence-electron chi connectivity index (χ3n) is 6.15. The number of thioether (sulfide) groups is 1. The van der Waals surface area contributed by atoms with Crippen LogP contribution in [0.4, 0.5) is 0 Å². The molecule has 30 heavy (non-hydrogen) atoms. The number of fused-ring (bicyclic) bond motifs is 1. The van der Waals surface area contributed by atoms with Gasteiger partial charge in [-0.3, -0.25) is 14.2 Å². The summed E-state index contributed by atoms with van der Waals surface area (Å²) in [6.07, 6.45) is 12.6. The first-order valence-electron chi connectivity index (χ1n) is 11.3. The van der Waals surface area contributed by atoms with Gasteiger partial charge in [-0.25, -0.2) is 4.98 Å². The van der Waals surface area contributed by atoms with E-state index in [9.17, 15) is 9.59 Å². The van der Waals surface area contributed by atoms with Gasteiger partial charge in [-0.1, -0.05) is 48.4 Å². The molecule has 0 saturated carbocycles. The number of likely N-dealkylation sites (tertiary alicyclic amines) is 1. The van der Waals surface area contributed by atoms with Crippen LogP contribution in [0.15, 0.2) is 45.9 Å². The molecule has 0 bridgehead atoms. The van der Waals surface area contributed by atoms with Crippen LogP contribution in [0.2, 0.25) is 0 Å². The van der Waals surface area contributed by atoms with Crippen molar-refractivity contribution in [3.8, 4) is 0 Å². The van der Waals surface area contributed by atoms with Crippen LogP contribution in [0.3, 0.4) is 0 Å². The van der Waals surface area contributed by atoms with Gasteiger partial charge in [0.1, 0.15) is 0 Å². The van der Waals surface area contributed by atoms with E-state index in [4.69, 9.17) is 4.98 Å². The van der Waals surface area contributed by atoms with Crippen LogP contribution in [0.5, 0.6) is 0 Å². The molecule has 1 saturated heterocycles. The predicted molar refractivity (Wildman–Crippen MR) is 123 cm³/mol. The summed E-state index contributed by atoms with van der Waals surface area (Å²) in [5.74, 6) is 0.499. The third kappa shape index (κ3) is 5.15. The Morgan fingerprint density at radius 1 is 1.03 bits per heavy atom. The number of hydrogen-bond donors (Lipinski definition) is 0. The maximum atomic E-state index is 13.2. The van der Waals surface area contributed by atoms with Crippen molar-refractivity contribution < 1.29 is 4.79 Å². The molecule has 1 aliphatic carbocycles. The van der Waals surface area contributed by atoms with E-state index in [0.717, 1.165) is 45.2 Å². The summed E-state index contributed by atoms with van der Waals surface area (Å²) in [7, 11) is 0. The van der Waals surface area contributed by atoms with Crippen molar-refractivity contribution in [2.24, 2.45) is 0 Å². The lowest BCUT2D eigenvalue weighted by molar-refractivity contribution is -0.128. The molecule has 5 nitrogen and oxygen atoms in total. The van der Waals surface area contributed by atoms with Crippen LogP contribution in [0.25, 0.3) is 10.9 Å². The quantitative estimate of drug-likeness (QED) is 0.380. The number of allylic oxidation sites excluding steroid dienone is 2. The zero-order chi connectivity index (χ0) is 20.8. The molecule has 0 atom stereocenters. The van der Waals surface area contributed by atoms with Gasteiger partial charge < -0.3 is 4.90 Å². The molecule has 2 aliphatic rings. The summed E-state index contributed by atoms with van der Waals surface area (Å²) in [5.41, 5.74) is 2.15. The second kappa shape index (κ2) is 10.3. The average molecular weight is 426 g/mol. The number of rotatable bonds is 6. The van der Waals surface area contributed by atoms with Gasteiger partial charge in [0, 0.05) is 19.6 Å². The van der Waals surface area contributed by atoms with Crippen molar-refractivity contribution in [3.63, 3.8) is 0 Å². The highest BCUT2D eigenvalue weighted by Gasteiger charge is 2.18. The molecule has 160 valence electrons. The lowest BCUT2D eigenvalue weighted by Crippen LogP contribution is -2.33. The Bertz CT molecular complexity index is 974. The summed E-state index contributed by atoms with van der Waals surface area (Å²) in [4.78, 5) is 32.7. The summed E-state index contributed by atoms with van der Waals surface area (Å²) in [6.45, 7) is 2.33. The number of carbonyl (C=O) groups is 1. The minimum atomic E-state index is 0.00160. The van der Waals surface area contributed by atoms with Crippen molar-refractivity contribution in [1.29, 1.82) is 0 Å². The SMILES string of the molecule is O=C(CSc1nc2ccccc2c(=O)n1CCC1=CCCCC1)N1CCCCCC1. The van der Waals surface area contributed by atoms with Gasteiger partial charge in [0.15, 0.2) is 5.16 Å². The Labute approximate surface area is 182 Å². The topological polar surface area (TPSA) is 55.2 Å². The van der Waals surface area contributed by atoms with Crippen molar-refractivity contribution in [2.75, 3.05) is 18.8 Å². The van der Waals surface area contributed by atoms with Crippen molar-refractivity contribution in [3.05, 3.63) is 46.3 Å². The number of benzene rings is 1. The van der Waals surface area contributed by atoms with E-state index < -0.39 is 0 Å². The number of aromatic nitrogens is 2. The number of para-hydroxylation sites is 1. The van der Waals surface area contributed by atoms with Gasteiger partial charge in [-0.05, 0) is 57.1 Å². The highest BCUT2D eigenvalue weighted by molar-refractivity contribution is 7.99. The fourth-order valence-corrected chi connectivity index (χ4v) is 5.31. The second-order valence-corrected chi connectivity index (χ2v) is 9.25. The van der Waals surface area contributed by atoms with E-state index >= 15 is 0 Å². The Morgan fingerprint density at radius 2 is 1.83 bits per heavy atom. The second-order valence-electron chi connectivity index (χ2n) is 8.31. The maximum absolute atomic E-state index is 13.2. The summed E-state index contributed by atoms with van der Waals surface area (Å²) < 4.78 is 1.79. The van der Waals surface area contributed by atoms with Gasteiger partial charge >= 0.3 is 0 Å². The highest BCUT2D eigenvalue weighted by atomic mass is 32.2. The first-order chi connectivity index (χ1) is 14.7. The molecule has 4 rings (SSSR count). The standard InChI is InChI=1S/C24H31N3O2S/c28-22(26-15-8-1-2-9-16-26)18-30-24-25-21-13-7-6-12-20(21)23(29)27(24)17-14-19-10-4-3-5-11-19/h6-7,10,12-13H,1-5,8-9,11,14-18H2. The molecule has 1 aromatic carbocycles. The minimum Gasteiger partial charge on any atom is -0.342 e. The van der Waals surface area contributed by atoms with Gasteiger partial charge in [0.2, 0.25) is 5.91 Å². The molecular weight excluding hydrogens is 394 g/mol. The molecule has 2 heterocycles. The first-order valence-corrected chi connectivity index (χ1v) is 12.3. The lowest BCUT2D eigenvalue weighted by atomic mass is 9.97. The molecule has 1 amide bonds. The molecule has 1 aliphatic heterocycles. The first kappa shape index (κ1) is 21.2. The smallest absolute Gasteiger partial charge is 0.262 e. The predicted octanol–water partition coefficient (Wildman–Crippen LogP) is 4.78. The molecule has 6 heteroatoms. The number of nitrogens with zero attached hydrogens (tertiary/aromatic N) is 3. The van der Waals surface area contributed by atoms with E-state index in [1.165, 1.54) is 43.0 Å². The number of amides is 1. The zero-order valence-corrected chi connectivity index (χ0v) is 18.5. The van der Waals surface area contributed by atoms with Gasteiger partial charge in [0.05, 0.1) is 16.7 Å². The van der Waals surface area contributed by atoms with Gasteiger partial charge in [-0.2, -0.15) is 0 Å². The molecular formula is C24H31N3O2S. The van der Waals surface area contributed by atoms with Gasteiger partial charge in [-0.15, -0.1) is 0 Å². The molecule has 0 spiro atoms. The van der Waals surface area contributed by atoms with Crippen molar-refractivity contribution in [2.45, 2.75) is 69.5 Å². The summed E-state index contributed by atoms with van der Waals surface area (Å²) >= 11 is 1.41. The van der Waals surface area contributed by atoms with E-state index in [0.29, 0.717) is 28.4 Å². The number of carbonyl (C=O) groups excluding carboxylic acids is 1. The van der Waals surface area contributed by atoms with Crippen LogP contribution in [-0.2, 0) is 11.3 Å². The fourth-order valence-electron chi connectivity index (χ4n) is 4.38. The molecule has 2 aromatic rings. The maximum Gasteiger partial charge on any atom is 0.262 e. The molecule has 1 aromatic heterocycles. The van der Waals surface area contributed by atoms with Crippen LogP contribution in [0.1, 0.15) is 57.8 Å². The van der Waals surface area contributed by atoms with Crippen LogP contribution >= 0.6 is 11.8 Å². The van der Waals surface area contributed by atoms with E-state index in [-0.39, 0.29) is 11.5 Å². The van der Waals surface area contributed by atoms with Crippen molar-refractivity contribution >= 4 is 28.6 Å². The van der Waals surface area contributed by atoms with E-state index in [1.54, 1.807) is 4.57 Å². The monoisotopic (exact) mass is 425 g/mol. The molecule has 0 N–H and O–H groups in total. The fraction of sp³-hybridized carbons (Fsp3) is 0.542. The van der Waals surface area contributed by atoms with E-state index in [1.807, 2.05) is 29.2 Å². The largest absolute Gasteiger partial charge is 0.342 e. The summed E-state index contributed by atoms with van der Waals surface area (Å²) in [6, 6.07) is 7.52. The molecule has 0 unspecified atom stereocenters. The lowest BCUT2D eigenvalue weighted by Gasteiger charge is -2.20. The van der Waals surface area contributed by atoms with Crippen LogP contribution < -0.4 is 5.56 Å². The van der Waals surface area contributed by atoms with Crippen molar-refractivity contribution in [1.82, 2.24) is 14.5 Å². The Kier molecular flexibility index (Phi) is 7.26. The third-order valence-corrected chi connectivity index (χ3v) is 7.11. The Hall–Kier alpha value is -2.08. The van der Waals surface area contributed by atoms with Crippen LogP contribution in [-0.4, -0.2) is 39.2 Å². The average Bonchev–Trinajstić information content (AvgIpc) is 3.07. The summed E-state index contributed by atoms with van der Waals surface area (Å²) in [5, 5.41) is 1.32. The Morgan fingerprint density at radius 3 is 2.60 bits per heavy atom. The van der Waals surface area contributed by atoms with E-state index in [2.05, 4.69) is 6.08 Å².